The summed E-state index contributed by atoms with van der Waals surface area (Å²) < 4.78 is 40.1. The van der Waals surface area contributed by atoms with Crippen LogP contribution in [0.25, 0.3) is 10.9 Å². The van der Waals surface area contributed by atoms with E-state index in [9.17, 15) is 22.8 Å². The van der Waals surface area contributed by atoms with Crippen LogP contribution in [0.2, 0.25) is 0 Å². The fraction of sp³-hybridized carbons (Fsp3) is 0.517. The summed E-state index contributed by atoms with van der Waals surface area (Å²) in [7, 11) is 0. The van der Waals surface area contributed by atoms with E-state index in [1.165, 1.54) is 0 Å². The number of fused-ring (bicyclic) bond motifs is 1. The number of likely N-dealkylation sites (tertiary alicyclic amines) is 1. The van der Waals surface area contributed by atoms with Crippen LogP contribution in [0.4, 0.5) is 13.2 Å². The van der Waals surface area contributed by atoms with Crippen LogP contribution in [0.5, 0.6) is 0 Å². The number of nitrogens with one attached hydrogen (secondary N) is 2. The molecule has 0 radical (unpaired) electrons. The van der Waals surface area contributed by atoms with Crippen molar-refractivity contribution in [2.75, 3.05) is 19.6 Å². The minimum absolute atomic E-state index is 0.0456. The van der Waals surface area contributed by atoms with Gasteiger partial charge < -0.3 is 19.8 Å². The molecule has 4 rings (SSSR count). The lowest BCUT2D eigenvalue weighted by Crippen LogP contribution is -2.38. The molecule has 1 unspecified atom stereocenters. The van der Waals surface area contributed by atoms with Crippen LogP contribution in [0.3, 0.4) is 0 Å². The van der Waals surface area contributed by atoms with Gasteiger partial charge in [-0.2, -0.15) is 13.2 Å². The number of hydrogen-bond acceptors (Lipinski definition) is 3. The Morgan fingerprint density at radius 3 is 2.53 bits per heavy atom. The number of halogens is 3. The monoisotopic (exact) mass is 530 g/mol. The van der Waals surface area contributed by atoms with E-state index < -0.39 is 12.6 Å². The van der Waals surface area contributed by atoms with Crippen molar-refractivity contribution in [1.29, 1.82) is 0 Å². The number of piperidine rings is 1. The average molecular weight is 531 g/mol. The number of carbonyl (C=O) groups excluding carboxylic acids is 1. The van der Waals surface area contributed by atoms with Crippen LogP contribution in [0.1, 0.15) is 72.0 Å². The maximum atomic E-state index is 13.5. The molecule has 1 aliphatic rings. The number of carbonyl (C=O) groups is 1. The zero-order chi connectivity index (χ0) is 27.6. The number of amides is 1. The van der Waals surface area contributed by atoms with E-state index in [1.807, 2.05) is 56.0 Å². The van der Waals surface area contributed by atoms with E-state index in [1.54, 1.807) is 0 Å². The molecule has 0 spiro atoms. The van der Waals surface area contributed by atoms with Gasteiger partial charge in [0.05, 0.1) is 12.0 Å². The molecular weight excluding hydrogens is 493 g/mol. The number of para-hydroxylation sites is 1. The molecule has 1 aromatic carbocycles. The molecule has 3 aromatic rings. The van der Waals surface area contributed by atoms with Gasteiger partial charge in [-0.25, -0.2) is 0 Å². The van der Waals surface area contributed by atoms with E-state index in [0.717, 1.165) is 40.7 Å². The molecule has 1 atom stereocenters. The first-order valence-corrected chi connectivity index (χ1v) is 13.4. The molecule has 9 heteroatoms. The number of alkyl halides is 3. The number of benzene rings is 1. The number of pyridine rings is 1. The normalized spacial score (nSPS) is 16.2. The van der Waals surface area contributed by atoms with Crippen molar-refractivity contribution in [2.45, 2.75) is 72.1 Å². The smallest absolute Gasteiger partial charge is 0.348 e. The largest absolute Gasteiger partial charge is 0.390 e. The van der Waals surface area contributed by atoms with E-state index in [0.29, 0.717) is 36.6 Å². The second kappa shape index (κ2) is 11.4. The summed E-state index contributed by atoms with van der Waals surface area (Å²) in [6.07, 6.45) is -2.60. The fourth-order valence-electron chi connectivity index (χ4n) is 5.91. The lowest BCUT2D eigenvalue weighted by atomic mass is 9.90. The summed E-state index contributed by atoms with van der Waals surface area (Å²) in [5, 5.41) is 3.83. The summed E-state index contributed by atoms with van der Waals surface area (Å²) in [6.45, 7) is 9.38. The molecule has 2 aromatic heterocycles. The predicted molar refractivity (Wildman–Crippen MR) is 144 cm³/mol. The topological polar surface area (TPSA) is 70.1 Å². The van der Waals surface area contributed by atoms with Gasteiger partial charge in [0.2, 0.25) is 0 Å². The van der Waals surface area contributed by atoms with Crippen molar-refractivity contribution in [3.8, 4) is 0 Å². The van der Waals surface area contributed by atoms with Crippen LogP contribution in [0, 0.1) is 19.8 Å². The van der Waals surface area contributed by atoms with Crippen molar-refractivity contribution in [3.05, 3.63) is 68.8 Å². The minimum atomic E-state index is -4.13. The molecule has 38 heavy (non-hydrogen) atoms. The minimum Gasteiger partial charge on any atom is -0.348 e. The molecule has 6 nitrogen and oxygen atoms in total. The summed E-state index contributed by atoms with van der Waals surface area (Å²) in [6, 6.07) is 9.83. The second-order valence-corrected chi connectivity index (χ2v) is 10.5. The van der Waals surface area contributed by atoms with Gasteiger partial charge in [-0.15, -0.1) is 0 Å². The Balaban J connectivity index is 1.54. The maximum Gasteiger partial charge on any atom is 0.390 e. The van der Waals surface area contributed by atoms with Gasteiger partial charge in [-0.3, -0.25) is 9.59 Å². The van der Waals surface area contributed by atoms with E-state index in [-0.39, 0.29) is 30.6 Å². The zero-order valence-electron chi connectivity index (χ0n) is 22.5. The average Bonchev–Trinajstić information content (AvgIpc) is 3.17. The summed E-state index contributed by atoms with van der Waals surface area (Å²) in [5.41, 5.74) is 4.50. The Morgan fingerprint density at radius 1 is 1.18 bits per heavy atom. The fourth-order valence-corrected chi connectivity index (χ4v) is 5.91. The lowest BCUT2D eigenvalue weighted by molar-refractivity contribution is -0.138. The van der Waals surface area contributed by atoms with Crippen LogP contribution in [-0.4, -0.2) is 46.2 Å². The van der Waals surface area contributed by atoms with E-state index >= 15 is 0 Å². The van der Waals surface area contributed by atoms with Crippen LogP contribution in [-0.2, 0) is 13.0 Å². The van der Waals surface area contributed by atoms with E-state index in [4.69, 9.17) is 0 Å². The summed E-state index contributed by atoms with van der Waals surface area (Å²) in [4.78, 5) is 30.8. The van der Waals surface area contributed by atoms with Crippen molar-refractivity contribution >= 4 is 16.8 Å². The highest BCUT2D eigenvalue weighted by molar-refractivity contribution is 6.08. The van der Waals surface area contributed by atoms with Crippen molar-refractivity contribution in [2.24, 2.45) is 5.92 Å². The third kappa shape index (κ3) is 5.98. The van der Waals surface area contributed by atoms with Gasteiger partial charge >= 0.3 is 6.18 Å². The van der Waals surface area contributed by atoms with Crippen LogP contribution in [0.15, 0.2) is 35.1 Å². The number of aryl methyl sites for hydroxylation is 2. The van der Waals surface area contributed by atoms with Crippen molar-refractivity contribution < 1.29 is 18.0 Å². The molecule has 1 aliphatic heterocycles. The molecule has 206 valence electrons. The Hall–Kier alpha value is -3.07. The maximum absolute atomic E-state index is 13.5. The SMILES string of the molecule is CCc1cc(C)[nH]c(=O)c1CNC(=O)c1c(C)n(C(C)C2CCN(CCC(F)(F)F)CC2)c2ccccc12. The van der Waals surface area contributed by atoms with Gasteiger partial charge in [0, 0.05) is 47.0 Å². The molecule has 1 fully saturated rings. The Labute approximate surface area is 221 Å². The predicted octanol–water partition coefficient (Wildman–Crippen LogP) is 5.66. The van der Waals surface area contributed by atoms with Gasteiger partial charge in [0.25, 0.3) is 11.5 Å². The molecule has 3 heterocycles. The zero-order valence-corrected chi connectivity index (χ0v) is 22.5. The molecule has 2 N–H and O–H groups in total. The third-order valence-electron chi connectivity index (χ3n) is 7.99. The van der Waals surface area contributed by atoms with Crippen molar-refractivity contribution in [1.82, 2.24) is 19.8 Å². The van der Waals surface area contributed by atoms with E-state index in [2.05, 4.69) is 21.8 Å². The first-order chi connectivity index (χ1) is 18.0. The molecule has 0 bridgehead atoms. The third-order valence-corrected chi connectivity index (χ3v) is 7.99. The highest BCUT2D eigenvalue weighted by atomic mass is 19.4. The first-order valence-electron chi connectivity index (χ1n) is 13.4. The summed E-state index contributed by atoms with van der Waals surface area (Å²) in [5.74, 6) is 0.0643. The molecule has 0 saturated carbocycles. The Bertz CT molecular complexity index is 1350. The highest BCUT2D eigenvalue weighted by Gasteiger charge is 2.32. The quantitative estimate of drug-likeness (QED) is 0.395. The highest BCUT2D eigenvalue weighted by Crippen LogP contribution is 2.36. The van der Waals surface area contributed by atoms with Gasteiger partial charge in [-0.05, 0) is 76.7 Å². The molecule has 0 aliphatic carbocycles. The lowest BCUT2D eigenvalue weighted by Gasteiger charge is -2.36. The number of rotatable bonds is 8. The Kier molecular flexibility index (Phi) is 8.35. The standard InChI is InChI=1S/C29H37F3N4O2/c1-5-21-16-18(2)34-27(37)24(21)17-33-28(38)26-20(4)36(25-9-7-6-8-23(25)26)19(3)22-10-13-35(14-11-22)15-12-29(30,31)32/h6-9,16,19,22H,5,10-15,17H2,1-4H3,(H,33,38)(H,34,37). The Morgan fingerprint density at radius 2 is 1.87 bits per heavy atom. The molecular formula is C29H37F3N4O2. The number of aromatic amines is 1. The van der Waals surface area contributed by atoms with Crippen LogP contribution < -0.4 is 10.9 Å². The van der Waals surface area contributed by atoms with Crippen LogP contribution >= 0.6 is 0 Å². The number of aromatic nitrogens is 2. The number of H-pyrrole nitrogens is 1. The van der Waals surface area contributed by atoms with Gasteiger partial charge in [-0.1, -0.05) is 25.1 Å². The second-order valence-electron chi connectivity index (χ2n) is 10.5. The van der Waals surface area contributed by atoms with Gasteiger partial charge in [0.1, 0.15) is 0 Å². The first kappa shape index (κ1) is 28.0. The summed E-state index contributed by atoms with van der Waals surface area (Å²) >= 11 is 0. The molecule has 1 amide bonds. The number of nitrogens with zero attached hydrogens (tertiary/aromatic N) is 2. The number of hydrogen-bond donors (Lipinski definition) is 2. The van der Waals surface area contributed by atoms with Gasteiger partial charge in [0.15, 0.2) is 0 Å². The molecule has 1 saturated heterocycles. The van der Waals surface area contributed by atoms with Crippen molar-refractivity contribution in [3.63, 3.8) is 0 Å².